The van der Waals surface area contributed by atoms with Gasteiger partial charge in [0.25, 0.3) is 0 Å². The van der Waals surface area contributed by atoms with E-state index in [1.807, 2.05) is 0 Å². The molecule has 0 bridgehead atoms. The number of fused-ring (bicyclic) bond motifs is 5. The number of nitrogens with zero attached hydrogens (tertiary/aromatic N) is 2. The molecule has 2 heteroatoms. The average molecular weight is 815 g/mol. The molecule has 300 valence electrons. The molecule has 12 rings (SSSR count). The molecule has 12 aromatic rings. The van der Waals surface area contributed by atoms with E-state index in [0.29, 0.717) is 0 Å². The van der Waals surface area contributed by atoms with Crippen molar-refractivity contribution in [3.63, 3.8) is 0 Å². The second kappa shape index (κ2) is 15.8. The third kappa shape index (κ3) is 6.52. The van der Waals surface area contributed by atoms with Gasteiger partial charge < -0.3 is 9.47 Å². The van der Waals surface area contributed by atoms with Gasteiger partial charge in [0.15, 0.2) is 0 Å². The summed E-state index contributed by atoms with van der Waals surface area (Å²) >= 11 is 0. The first-order chi connectivity index (χ1) is 31.7. The third-order valence-corrected chi connectivity index (χ3v) is 12.8. The van der Waals surface area contributed by atoms with Crippen LogP contribution >= 0.6 is 0 Å². The summed E-state index contributed by atoms with van der Waals surface area (Å²) in [6, 6.07) is 92.8. The molecule has 0 saturated heterocycles. The Kier molecular flexibility index (Phi) is 9.20. The number of anilines is 3. The number of hydrogen-bond donors (Lipinski definition) is 0. The zero-order valence-corrected chi connectivity index (χ0v) is 35.1. The number of rotatable bonds is 8. The maximum atomic E-state index is 2.43. The molecule has 0 unspecified atom stereocenters. The van der Waals surface area contributed by atoms with Gasteiger partial charge in [-0.15, -0.1) is 0 Å². The number of benzene rings is 11. The van der Waals surface area contributed by atoms with Gasteiger partial charge in [0.2, 0.25) is 0 Å². The largest absolute Gasteiger partial charge is 0.310 e. The first-order valence-corrected chi connectivity index (χ1v) is 22.0. The van der Waals surface area contributed by atoms with Crippen LogP contribution in [0.5, 0.6) is 0 Å². The molecule has 0 aliphatic carbocycles. The lowest BCUT2D eigenvalue weighted by Crippen LogP contribution is -2.11. The van der Waals surface area contributed by atoms with E-state index in [2.05, 4.69) is 264 Å². The van der Waals surface area contributed by atoms with Gasteiger partial charge in [-0.05, 0) is 110 Å². The highest BCUT2D eigenvalue weighted by Gasteiger charge is 2.21. The lowest BCUT2D eigenvalue weighted by molar-refractivity contribution is 1.18. The minimum absolute atomic E-state index is 1.07. The molecule has 0 fully saturated rings. The lowest BCUT2D eigenvalue weighted by Gasteiger charge is -2.29. The molecule has 0 saturated carbocycles. The van der Waals surface area contributed by atoms with Crippen molar-refractivity contribution in [1.29, 1.82) is 0 Å². The van der Waals surface area contributed by atoms with E-state index in [-0.39, 0.29) is 0 Å². The predicted molar refractivity (Wildman–Crippen MR) is 272 cm³/mol. The molecular weight excluding hydrogens is 773 g/mol. The summed E-state index contributed by atoms with van der Waals surface area (Å²) in [6.07, 6.45) is 0. The highest BCUT2D eigenvalue weighted by molar-refractivity contribution is 6.10. The van der Waals surface area contributed by atoms with E-state index < -0.39 is 0 Å². The zero-order chi connectivity index (χ0) is 42.4. The van der Waals surface area contributed by atoms with Crippen LogP contribution in [0.3, 0.4) is 0 Å². The Balaban J connectivity index is 1.03. The highest BCUT2D eigenvalue weighted by atomic mass is 15.1. The van der Waals surface area contributed by atoms with E-state index in [1.165, 1.54) is 65.6 Å². The standard InChI is InChI=1S/C62H42N2/c1-2-16-45(17-3-1)56-40-35-50(49-30-29-43-15-4-5-19-48(43)41-49)42-62(56)63(51-36-31-46(32-37-51)54-25-14-20-44-18-6-7-21-53(44)54)52-38-33-47(34-39-52)55-22-8-11-26-59(55)64-60-27-12-9-23-57(60)58-24-10-13-28-61(58)64/h1-42H. The molecule has 0 aliphatic rings. The average Bonchev–Trinajstić information content (AvgIpc) is 3.71. The minimum atomic E-state index is 1.07. The molecule has 0 N–H and O–H groups in total. The molecule has 0 spiro atoms. The smallest absolute Gasteiger partial charge is 0.0546 e. The first-order valence-electron chi connectivity index (χ1n) is 22.0. The summed E-state index contributed by atoms with van der Waals surface area (Å²) in [7, 11) is 0. The van der Waals surface area contributed by atoms with Crippen LogP contribution in [0.2, 0.25) is 0 Å². The van der Waals surface area contributed by atoms with Crippen molar-refractivity contribution in [1.82, 2.24) is 4.57 Å². The fourth-order valence-electron chi connectivity index (χ4n) is 9.71. The van der Waals surface area contributed by atoms with Gasteiger partial charge in [0.05, 0.1) is 22.4 Å². The molecule has 0 atom stereocenters. The van der Waals surface area contributed by atoms with Crippen LogP contribution in [0, 0.1) is 0 Å². The molecule has 1 heterocycles. The quantitative estimate of drug-likeness (QED) is 0.148. The lowest BCUT2D eigenvalue weighted by atomic mass is 9.95. The summed E-state index contributed by atoms with van der Waals surface area (Å²) in [5.74, 6) is 0. The molecule has 0 radical (unpaired) electrons. The summed E-state index contributed by atoms with van der Waals surface area (Å²) in [5, 5.41) is 7.46. The minimum Gasteiger partial charge on any atom is -0.310 e. The zero-order valence-electron chi connectivity index (χ0n) is 35.1. The fraction of sp³-hybridized carbons (Fsp3) is 0. The molecule has 0 amide bonds. The Labute approximate surface area is 373 Å². The third-order valence-electron chi connectivity index (χ3n) is 12.8. The molecular formula is C62H42N2. The van der Waals surface area contributed by atoms with Crippen LogP contribution in [-0.2, 0) is 0 Å². The topological polar surface area (TPSA) is 8.17 Å². The van der Waals surface area contributed by atoms with Crippen LogP contribution in [0.1, 0.15) is 0 Å². The molecule has 11 aromatic carbocycles. The van der Waals surface area contributed by atoms with Crippen molar-refractivity contribution in [2.24, 2.45) is 0 Å². The van der Waals surface area contributed by atoms with Gasteiger partial charge in [0, 0.05) is 33.3 Å². The number of para-hydroxylation sites is 3. The Morgan fingerprint density at radius 3 is 1.47 bits per heavy atom. The van der Waals surface area contributed by atoms with Crippen molar-refractivity contribution >= 4 is 60.4 Å². The summed E-state index contributed by atoms with van der Waals surface area (Å²) in [4.78, 5) is 2.43. The number of aromatic nitrogens is 1. The Morgan fingerprint density at radius 1 is 0.266 bits per heavy atom. The van der Waals surface area contributed by atoms with Gasteiger partial charge in [-0.3, -0.25) is 0 Å². The molecule has 2 nitrogen and oxygen atoms in total. The van der Waals surface area contributed by atoms with E-state index in [4.69, 9.17) is 0 Å². The van der Waals surface area contributed by atoms with E-state index in [1.54, 1.807) is 0 Å². The van der Waals surface area contributed by atoms with Crippen LogP contribution in [0.4, 0.5) is 17.1 Å². The van der Waals surface area contributed by atoms with Gasteiger partial charge in [-0.1, -0.05) is 200 Å². The second-order valence-corrected chi connectivity index (χ2v) is 16.5. The SMILES string of the molecule is c1ccc(-c2ccc(-c3ccc4ccccc4c3)cc2N(c2ccc(-c3ccccc3-n3c4ccccc4c4ccccc43)cc2)c2ccc(-c3cccc4ccccc34)cc2)cc1. The van der Waals surface area contributed by atoms with Gasteiger partial charge in [-0.25, -0.2) is 0 Å². The summed E-state index contributed by atoms with van der Waals surface area (Å²) < 4.78 is 2.42. The van der Waals surface area contributed by atoms with Gasteiger partial charge in [-0.2, -0.15) is 0 Å². The maximum absolute atomic E-state index is 2.43. The van der Waals surface area contributed by atoms with Crippen molar-refractivity contribution in [3.8, 4) is 50.2 Å². The Hall–Kier alpha value is -8.46. The van der Waals surface area contributed by atoms with Crippen molar-refractivity contribution in [2.75, 3.05) is 4.90 Å². The van der Waals surface area contributed by atoms with E-state index >= 15 is 0 Å². The summed E-state index contributed by atoms with van der Waals surface area (Å²) in [5.41, 5.74) is 16.2. The van der Waals surface area contributed by atoms with Gasteiger partial charge >= 0.3 is 0 Å². The fourth-order valence-corrected chi connectivity index (χ4v) is 9.71. The first kappa shape index (κ1) is 37.3. The van der Waals surface area contributed by atoms with Crippen LogP contribution < -0.4 is 4.90 Å². The normalized spacial score (nSPS) is 11.4. The van der Waals surface area contributed by atoms with Gasteiger partial charge in [0.1, 0.15) is 0 Å². The van der Waals surface area contributed by atoms with E-state index in [0.717, 1.165) is 45.0 Å². The Morgan fingerprint density at radius 2 is 0.750 bits per heavy atom. The second-order valence-electron chi connectivity index (χ2n) is 16.5. The van der Waals surface area contributed by atoms with Crippen LogP contribution in [0.25, 0.3) is 93.5 Å². The number of hydrogen-bond acceptors (Lipinski definition) is 1. The molecule has 64 heavy (non-hydrogen) atoms. The maximum Gasteiger partial charge on any atom is 0.0546 e. The monoisotopic (exact) mass is 814 g/mol. The Bertz CT molecular complexity index is 3600. The molecule has 0 aliphatic heterocycles. The predicted octanol–water partition coefficient (Wildman–Crippen LogP) is 17.2. The van der Waals surface area contributed by atoms with Crippen molar-refractivity contribution < 1.29 is 0 Å². The van der Waals surface area contributed by atoms with Crippen LogP contribution in [0.15, 0.2) is 255 Å². The highest BCUT2D eigenvalue weighted by Crippen LogP contribution is 2.45. The van der Waals surface area contributed by atoms with E-state index in [9.17, 15) is 0 Å². The summed E-state index contributed by atoms with van der Waals surface area (Å²) in [6.45, 7) is 0. The molecule has 1 aromatic heterocycles. The van der Waals surface area contributed by atoms with Crippen LogP contribution in [-0.4, -0.2) is 4.57 Å². The van der Waals surface area contributed by atoms with Crippen molar-refractivity contribution in [2.45, 2.75) is 0 Å². The van der Waals surface area contributed by atoms with Crippen molar-refractivity contribution in [3.05, 3.63) is 255 Å².